The highest BCUT2D eigenvalue weighted by Crippen LogP contribution is 2.28. The van der Waals surface area contributed by atoms with Crippen LogP contribution in [0.2, 0.25) is 0 Å². The SMILES string of the molecule is COc1cc(CNCc2cccc(SC)c2)ccc1OC[C@H](O)CN1CCCCCC1. The molecule has 0 spiro atoms. The number of likely N-dealkylation sites (tertiary alicyclic amines) is 1. The fourth-order valence-electron chi connectivity index (χ4n) is 3.93. The van der Waals surface area contributed by atoms with Crippen molar-refractivity contribution in [2.75, 3.05) is 39.6 Å². The van der Waals surface area contributed by atoms with Crippen LogP contribution in [0.25, 0.3) is 0 Å². The molecule has 31 heavy (non-hydrogen) atoms. The molecular weight excluding hydrogens is 408 g/mol. The van der Waals surface area contributed by atoms with Crippen LogP contribution in [0.5, 0.6) is 11.5 Å². The van der Waals surface area contributed by atoms with Gasteiger partial charge in [0, 0.05) is 24.5 Å². The van der Waals surface area contributed by atoms with Crippen LogP contribution in [0.3, 0.4) is 0 Å². The zero-order valence-corrected chi connectivity index (χ0v) is 19.6. The number of nitrogens with one attached hydrogen (secondary N) is 1. The van der Waals surface area contributed by atoms with Gasteiger partial charge in [-0.05, 0) is 67.6 Å². The molecule has 0 aromatic heterocycles. The van der Waals surface area contributed by atoms with Crippen molar-refractivity contribution in [2.24, 2.45) is 0 Å². The molecule has 2 aromatic rings. The molecule has 0 unspecified atom stereocenters. The maximum absolute atomic E-state index is 10.4. The Balaban J connectivity index is 1.47. The summed E-state index contributed by atoms with van der Waals surface area (Å²) in [4.78, 5) is 3.63. The maximum atomic E-state index is 10.4. The van der Waals surface area contributed by atoms with E-state index in [9.17, 15) is 5.11 Å². The number of hydrogen-bond donors (Lipinski definition) is 2. The quantitative estimate of drug-likeness (QED) is 0.504. The van der Waals surface area contributed by atoms with Crippen molar-refractivity contribution in [2.45, 2.75) is 49.8 Å². The first kappa shape index (κ1) is 23.9. The number of benzene rings is 2. The number of rotatable bonds is 11. The van der Waals surface area contributed by atoms with Gasteiger partial charge in [-0.1, -0.05) is 31.0 Å². The van der Waals surface area contributed by atoms with E-state index in [1.165, 1.54) is 36.1 Å². The van der Waals surface area contributed by atoms with Gasteiger partial charge < -0.3 is 24.8 Å². The van der Waals surface area contributed by atoms with Crippen molar-refractivity contribution in [3.05, 3.63) is 53.6 Å². The monoisotopic (exact) mass is 444 g/mol. The Morgan fingerprint density at radius 1 is 1.00 bits per heavy atom. The average Bonchev–Trinajstić information content (AvgIpc) is 3.06. The lowest BCUT2D eigenvalue weighted by atomic mass is 10.2. The molecule has 3 rings (SSSR count). The first-order valence-electron chi connectivity index (χ1n) is 11.2. The van der Waals surface area contributed by atoms with Crippen LogP contribution < -0.4 is 14.8 Å². The number of ether oxygens (including phenoxy) is 2. The Morgan fingerprint density at radius 3 is 2.45 bits per heavy atom. The van der Waals surface area contributed by atoms with E-state index in [4.69, 9.17) is 9.47 Å². The minimum Gasteiger partial charge on any atom is -0.493 e. The molecule has 0 radical (unpaired) electrons. The van der Waals surface area contributed by atoms with Crippen LogP contribution in [0, 0.1) is 0 Å². The van der Waals surface area contributed by atoms with E-state index in [-0.39, 0.29) is 6.61 Å². The molecular formula is C25H36N2O3S. The highest BCUT2D eigenvalue weighted by Gasteiger charge is 2.15. The molecule has 0 amide bonds. The van der Waals surface area contributed by atoms with Crippen molar-refractivity contribution in [1.82, 2.24) is 10.2 Å². The summed E-state index contributed by atoms with van der Waals surface area (Å²) in [6.45, 7) is 4.65. The molecule has 1 saturated heterocycles. The molecule has 1 atom stereocenters. The van der Waals surface area contributed by atoms with Gasteiger partial charge in [-0.25, -0.2) is 0 Å². The second-order valence-electron chi connectivity index (χ2n) is 8.12. The summed E-state index contributed by atoms with van der Waals surface area (Å²) in [6, 6.07) is 14.6. The van der Waals surface area contributed by atoms with Crippen LogP contribution in [0.1, 0.15) is 36.8 Å². The molecule has 5 nitrogen and oxygen atoms in total. The molecule has 1 aliphatic heterocycles. The van der Waals surface area contributed by atoms with Crippen molar-refractivity contribution in [3.8, 4) is 11.5 Å². The van der Waals surface area contributed by atoms with Gasteiger partial charge in [0.2, 0.25) is 0 Å². The normalized spacial score (nSPS) is 16.0. The molecule has 1 heterocycles. The molecule has 6 heteroatoms. The van der Waals surface area contributed by atoms with Gasteiger partial charge in [0.15, 0.2) is 11.5 Å². The molecule has 2 N–H and O–H groups in total. The minimum absolute atomic E-state index is 0.274. The summed E-state index contributed by atoms with van der Waals surface area (Å²) < 4.78 is 11.4. The van der Waals surface area contributed by atoms with E-state index >= 15 is 0 Å². The topological polar surface area (TPSA) is 54.0 Å². The average molecular weight is 445 g/mol. The maximum Gasteiger partial charge on any atom is 0.161 e. The third-order valence-electron chi connectivity index (χ3n) is 5.62. The summed E-state index contributed by atoms with van der Waals surface area (Å²) in [5, 5.41) is 13.9. The predicted molar refractivity (Wildman–Crippen MR) is 128 cm³/mol. The standard InChI is InChI=1S/C25H36N2O3S/c1-29-25-15-21(17-26-16-20-8-7-9-23(14-20)31-2)10-11-24(25)30-19-22(28)18-27-12-5-3-4-6-13-27/h7-11,14-15,22,26,28H,3-6,12-13,16-19H2,1-2H3/t22-/m1/s1. The summed E-state index contributed by atoms with van der Waals surface area (Å²) >= 11 is 1.76. The molecule has 0 bridgehead atoms. The second kappa shape index (κ2) is 13.0. The predicted octanol–water partition coefficient (Wildman–Crippen LogP) is 4.32. The Labute approximate surface area is 191 Å². The van der Waals surface area contributed by atoms with Gasteiger partial charge in [0.1, 0.15) is 12.7 Å². The minimum atomic E-state index is -0.499. The van der Waals surface area contributed by atoms with E-state index < -0.39 is 6.10 Å². The van der Waals surface area contributed by atoms with Crippen LogP contribution >= 0.6 is 11.8 Å². The Morgan fingerprint density at radius 2 is 1.74 bits per heavy atom. The lowest BCUT2D eigenvalue weighted by Gasteiger charge is -2.23. The number of hydrogen-bond acceptors (Lipinski definition) is 6. The lowest BCUT2D eigenvalue weighted by molar-refractivity contribution is 0.0683. The van der Waals surface area contributed by atoms with Gasteiger partial charge in [-0.2, -0.15) is 0 Å². The number of β-amino-alcohol motifs (C(OH)–C–C–N with tert-alkyl or cyclic N) is 1. The third-order valence-corrected chi connectivity index (χ3v) is 6.34. The molecule has 1 fully saturated rings. The highest BCUT2D eigenvalue weighted by molar-refractivity contribution is 7.98. The molecule has 1 aliphatic rings. The van der Waals surface area contributed by atoms with Crippen LogP contribution in [-0.4, -0.2) is 55.7 Å². The van der Waals surface area contributed by atoms with Crippen LogP contribution in [0.4, 0.5) is 0 Å². The molecule has 0 aliphatic carbocycles. The summed E-state index contributed by atoms with van der Waals surface area (Å²) in [6.07, 6.45) is 6.63. The molecule has 2 aromatic carbocycles. The molecule has 0 saturated carbocycles. The summed E-state index contributed by atoms with van der Waals surface area (Å²) in [5.74, 6) is 1.37. The Kier molecular flexibility index (Phi) is 10.0. The fourth-order valence-corrected chi connectivity index (χ4v) is 4.41. The van der Waals surface area contributed by atoms with Gasteiger partial charge in [0.25, 0.3) is 0 Å². The number of aliphatic hydroxyl groups excluding tert-OH is 1. The number of thioether (sulfide) groups is 1. The van der Waals surface area contributed by atoms with E-state index in [0.717, 1.165) is 31.7 Å². The lowest BCUT2D eigenvalue weighted by Crippen LogP contribution is -2.36. The second-order valence-corrected chi connectivity index (χ2v) is 9.00. The van der Waals surface area contributed by atoms with Crippen molar-refractivity contribution < 1.29 is 14.6 Å². The van der Waals surface area contributed by atoms with Gasteiger partial charge in [-0.3, -0.25) is 0 Å². The van der Waals surface area contributed by atoms with Gasteiger partial charge in [0.05, 0.1) is 7.11 Å². The zero-order chi connectivity index (χ0) is 21.9. The smallest absolute Gasteiger partial charge is 0.161 e. The largest absolute Gasteiger partial charge is 0.493 e. The summed E-state index contributed by atoms with van der Waals surface area (Å²) in [7, 11) is 1.65. The number of methoxy groups -OCH3 is 1. The van der Waals surface area contributed by atoms with Crippen molar-refractivity contribution in [1.29, 1.82) is 0 Å². The van der Waals surface area contributed by atoms with Crippen LogP contribution in [0.15, 0.2) is 47.4 Å². The third kappa shape index (κ3) is 8.04. The highest BCUT2D eigenvalue weighted by atomic mass is 32.2. The van der Waals surface area contributed by atoms with Crippen molar-refractivity contribution in [3.63, 3.8) is 0 Å². The van der Waals surface area contributed by atoms with E-state index in [0.29, 0.717) is 18.0 Å². The fraction of sp³-hybridized carbons (Fsp3) is 0.520. The molecule has 170 valence electrons. The Hall–Kier alpha value is -1.73. The zero-order valence-electron chi connectivity index (χ0n) is 18.8. The van der Waals surface area contributed by atoms with Gasteiger partial charge >= 0.3 is 0 Å². The van der Waals surface area contributed by atoms with E-state index in [1.807, 2.05) is 18.2 Å². The Bertz CT molecular complexity index is 794. The van der Waals surface area contributed by atoms with E-state index in [2.05, 4.69) is 40.7 Å². The first-order chi connectivity index (χ1) is 15.2. The number of nitrogens with zero attached hydrogens (tertiary/aromatic N) is 1. The summed E-state index contributed by atoms with van der Waals surface area (Å²) in [5.41, 5.74) is 2.41. The first-order valence-corrected chi connectivity index (χ1v) is 12.4. The van der Waals surface area contributed by atoms with Crippen LogP contribution in [-0.2, 0) is 13.1 Å². The van der Waals surface area contributed by atoms with Crippen molar-refractivity contribution >= 4 is 11.8 Å². The number of aliphatic hydroxyl groups is 1. The van der Waals surface area contributed by atoms with Gasteiger partial charge in [-0.15, -0.1) is 11.8 Å². The van der Waals surface area contributed by atoms with E-state index in [1.54, 1.807) is 18.9 Å².